The van der Waals surface area contributed by atoms with Crippen molar-refractivity contribution in [2.24, 2.45) is 0 Å². The van der Waals surface area contributed by atoms with Crippen LogP contribution in [0.5, 0.6) is 0 Å². The largest absolute Gasteiger partial charge is 0.370 e. The van der Waals surface area contributed by atoms with E-state index < -0.39 is 0 Å². The van der Waals surface area contributed by atoms with Crippen LogP contribution in [0.1, 0.15) is 49.4 Å². The monoisotopic (exact) mass is 410 g/mol. The average Bonchev–Trinajstić information content (AvgIpc) is 3.45. The van der Waals surface area contributed by atoms with E-state index in [0.717, 1.165) is 30.8 Å². The standard InChI is InChI=1S/C26H26N4O/c1-3-23-19-15-24-26(13-14-29(23)24,21-11-7-8-12-22(21)28-17(2)31)25-20(19)16-27-30(25)18-9-5-4-6-10-18/h3-12,16,19,24H,13-15H2,1-2H3,(H,28,31)/b23-3-/t19-,24-,26+/m1/s1. The van der Waals surface area contributed by atoms with E-state index in [1.54, 1.807) is 6.92 Å². The van der Waals surface area contributed by atoms with Crippen LogP contribution < -0.4 is 5.32 Å². The van der Waals surface area contributed by atoms with Crippen LogP contribution in [0, 0.1) is 0 Å². The zero-order chi connectivity index (χ0) is 21.2. The lowest BCUT2D eigenvalue weighted by molar-refractivity contribution is -0.114. The van der Waals surface area contributed by atoms with Crippen molar-refractivity contribution in [3.8, 4) is 5.69 Å². The Bertz CT molecular complexity index is 1210. The molecule has 31 heavy (non-hydrogen) atoms. The number of amides is 1. The molecule has 5 nitrogen and oxygen atoms in total. The third-order valence-corrected chi connectivity index (χ3v) is 7.45. The Kier molecular flexibility index (Phi) is 3.91. The molecular formula is C26H26N4O. The van der Waals surface area contributed by atoms with Crippen LogP contribution in [0.25, 0.3) is 5.69 Å². The second-order valence-corrected chi connectivity index (χ2v) is 8.86. The summed E-state index contributed by atoms with van der Waals surface area (Å²) in [5.41, 5.74) is 7.02. The highest BCUT2D eigenvalue weighted by Crippen LogP contribution is 2.62. The summed E-state index contributed by atoms with van der Waals surface area (Å²) in [5, 5.41) is 8.03. The number of carbonyl (C=O) groups excluding carboxylic acids is 1. The molecule has 2 saturated heterocycles. The van der Waals surface area contributed by atoms with E-state index in [4.69, 9.17) is 5.10 Å². The minimum absolute atomic E-state index is 0.0373. The van der Waals surface area contributed by atoms with Gasteiger partial charge in [-0.05, 0) is 43.5 Å². The number of carbonyl (C=O) groups is 1. The molecule has 0 saturated carbocycles. The maximum absolute atomic E-state index is 12.0. The zero-order valence-electron chi connectivity index (χ0n) is 17.9. The molecule has 3 aliphatic rings. The van der Waals surface area contributed by atoms with Crippen molar-refractivity contribution < 1.29 is 4.79 Å². The van der Waals surface area contributed by atoms with Crippen LogP contribution in [0.4, 0.5) is 5.69 Å². The molecule has 0 radical (unpaired) electrons. The Morgan fingerprint density at radius 3 is 2.71 bits per heavy atom. The van der Waals surface area contributed by atoms with Gasteiger partial charge in [0.2, 0.25) is 5.91 Å². The van der Waals surface area contributed by atoms with E-state index in [0.29, 0.717) is 12.0 Å². The van der Waals surface area contributed by atoms with Crippen molar-refractivity contribution in [2.45, 2.75) is 44.1 Å². The van der Waals surface area contributed by atoms with Crippen molar-refractivity contribution in [1.82, 2.24) is 14.7 Å². The van der Waals surface area contributed by atoms with Crippen molar-refractivity contribution in [3.63, 3.8) is 0 Å². The van der Waals surface area contributed by atoms with Crippen LogP contribution in [0.15, 0.2) is 72.6 Å². The maximum Gasteiger partial charge on any atom is 0.221 e. The van der Waals surface area contributed by atoms with Crippen molar-refractivity contribution in [3.05, 3.63) is 89.4 Å². The predicted molar refractivity (Wildman–Crippen MR) is 121 cm³/mol. The van der Waals surface area contributed by atoms with Gasteiger partial charge < -0.3 is 10.2 Å². The van der Waals surface area contributed by atoms with E-state index in [2.05, 4.69) is 70.5 Å². The van der Waals surface area contributed by atoms with E-state index >= 15 is 0 Å². The molecule has 1 aliphatic carbocycles. The molecule has 3 heterocycles. The lowest BCUT2D eigenvalue weighted by Gasteiger charge is -2.40. The van der Waals surface area contributed by atoms with Gasteiger partial charge in [0.05, 0.1) is 23.0 Å². The van der Waals surface area contributed by atoms with Gasteiger partial charge in [0.1, 0.15) is 0 Å². The number of rotatable bonds is 3. The molecule has 5 heteroatoms. The van der Waals surface area contributed by atoms with Crippen LogP contribution in [-0.2, 0) is 10.2 Å². The molecule has 1 N–H and O–H groups in total. The zero-order valence-corrected chi connectivity index (χ0v) is 17.9. The first kappa shape index (κ1) is 18.4. The second-order valence-electron chi connectivity index (χ2n) is 8.86. The molecule has 3 aromatic rings. The number of aromatic nitrogens is 2. The Balaban J connectivity index is 1.67. The molecule has 1 aromatic heterocycles. The van der Waals surface area contributed by atoms with Crippen molar-refractivity contribution >= 4 is 11.6 Å². The summed E-state index contributed by atoms with van der Waals surface area (Å²) in [6.07, 6.45) is 6.47. The van der Waals surface area contributed by atoms with Gasteiger partial charge >= 0.3 is 0 Å². The van der Waals surface area contributed by atoms with Gasteiger partial charge in [0.25, 0.3) is 0 Å². The van der Waals surface area contributed by atoms with Gasteiger partial charge in [-0.1, -0.05) is 42.5 Å². The first-order valence-corrected chi connectivity index (χ1v) is 11.1. The summed E-state index contributed by atoms with van der Waals surface area (Å²) < 4.78 is 2.15. The Morgan fingerprint density at radius 1 is 1.16 bits per heavy atom. The topological polar surface area (TPSA) is 50.2 Å². The molecule has 2 bridgehead atoms. The summed E-state index contributed by atoms with van der Waals surface area (Å²) >= 11 is 0. The number of anilines is 1. The minimum atomic E-state index is -0.220. The molecular weight excluding hydrogens is 384 g/mol. The van der Waals surface area contributed by atoms with Crippen LogP contribution in [-0.4, -0.2) is 33.2 Å². The third-order valence-electron chi connectivity index (χ3n) is 7.45. The molecule has 2 aliphatic heterocycles. The molecule has 2 fully saturated rings. The highest BCUT2D eigenvalue weighted by molar-refractivity contribution is 5.90. The van der Waals surface area contributed by atoms with Crippen LogP contribution >= 0.6 is 0 Å². The number of nitrogens with one attached hydrogen (secondary N) is 1. The van der Waals surface area contributed by atoms with Gasteiger partial charge in [0.15, 0.2) is 0 Å². The van der Waals surface area contributed by atoms with Gasteiger partial charge in [-0.15, -0.1) is 0 Å². The molecule has 156 valence electrons. The molecule has 6 rings (SSSR count). The van der Waals surface area contributed by atoms with Gasteiger partial charge in [0, 0.05) is 42.4 Å². The lowest BCUT2D eigenvalue weighted by Crippen LogP contribution is -2.43. The van der Waals surface area contributed by atoms with E-state index in [-0.39, 0.29) is 11.3 Å². The normalized spacial score (nSPS) is 26.9. The van der Waals surface area contributed by atoms with Gasteiger partial charge in [-0.25, -0.2) is 4.68 Å². The molecule has 0 unspecified atom stereocenters. The fraction of sp³-hybridized carbons (Fsp3) is 0.308. The fourth-order valence-electron chi connectivity index (χ4n) is 6.44. The lowest BCUT2D eigenvalue weighted by atomic mass is 9.64. The summed E-state index contributed by atoms with van der Waals surface area (Å²) in [6, 6.07) is 19.1. The number of allylic oxidation sites excluding steroid dienone is 2. The smallest absolute Gasteiger partial charge is 0.221 e. The minimum Gasteiger partial charge on any atom is -0.370 e. The number of para-hydroxylation sites is 2. The number of fused-ring (bicyclic) bond motifs is 4. The van der Waals surface area contributed by atoms with E-state index in [9.17, 15) is 4.79 Å². The first-order valence-electron chi connectivity index (χ1n) is 11.1. The molecule has 3 atom stereocenters. The van der Waals surface area contributed by atoms with Gasteiger partial charge in [-0.2, -0.15) is 5.10 Å². The highest BCUT2D eigenvalue weighted by atomic mass is 16.1. The summed E-state index contributed by atoms with van der Waals surface area (Å²) in [4.78, 5) is 14.7. The summed E-state index contributed by atoms with van der Waals surface area (Å²) in [5.74, 6) is 0.355. The Morgan fingerprint density at radius 2 is 1.94 bits per heavy atom. The van der Waals surface area contributed by atoms with Crippen LogP contribution in [0.3, 0.4) is 0 Å². The third kappa shape index (κ3) is 2.37. The number of hydrogen-bond donors (Lipinski definition) is 1. The quantitative estimate of drug-likeness (QED) is 0.687. The Hall–Kier alpha value is -3.34. The molecule has 0 spiro atoms. The SMILES string of the molecule is C/C=C1/[C@@H]2C[C@H]3N1CC[C@@]3(c1ccccc1NC(C)=O)c1c2cnn1-c1ccccc1. The maximum atomic E-state index is 12.0. The summed E-state index contributed by atoms with van der Waals surface area (Å²) in [7, 11) is 0. The number of hydrogen-bond acceptors (Lipinski definition) is 3. The van der Waals surface area contributed by atoms with E-state index in [1.807, 2.05) is 18.2 Å². The van der Waals surface area contributed by atoms with Crippen molar-refractivity contribution in [2.75, 3.05) is 11.9 Å². The molecule has 2 aromatic carbocycles. The second kappa shape index (κ2) is 6.58. The number of benzene rings is 2. The number of nitrogens with zero attached hydrogens (tertiary/aromatic N) is 3. The van der Waals surface area contributed by atoms with E-state index in [1.165, 1.54) is 22.5 Å². The summed E-state index contributed by atoms with van der Waals surface area (Å²) in [6.45, 7) is 4.76. The average molecular weight is 411 g/mol. The first-order chi connectivity index (χ1) is 15.1. The predicted octanol–water partition coefficient (Wildman–Crippen LogP) is 4.60. The van der Waals surface area contributed by atoms with Gasteiger partial charge in [-0.3, -0.25) is 4.79 Å². The Labute approximate surface area is 182 Å². The fourth-order valence-corrected chi connectivity index (χ4v) is 6.44. The van der Waals surface area contributed by atoms with Crippen LogP contribution in [0.2, 0.25) is 0 Å². The molecule has 1 amide bonds. The highest BCUT2D eigenvalue weighted by Gasteiger charge is 2.62. The van der Waals surface area contributed by atoms with Crippen molar-refractivity contribution in [1.29, 1.82) is 0 Å².